The van der Waals surface area contributed by atoms with Gasteiger partial charge in [0.05, 0.1) is 0 Å². The number of aliphatic hydroxyl groups is 1. The Kier molecular flexibility index (Phi) is 4.33. The monoisotopic (exact) mass is 248 g/mol. The summed E-state index contributed by atoms with van der Waals surface area (Å²) < 4.78 is 0. The molecule has 1 unspecified atom stereocenters. The second-order valence-electron chi connectivity index (χ2n) is 4.82. The Morgan fingerprint density at radius 1 is 1.39 bits per heavy atom. The SMILES string of the molecule is NCc1ccc(C(=O)N2CCC(CCO)C2)cc1. The number of hydrogen-bond donors (Lipinski definition) is 2. The van der Waals surface area contributed by atoms with Crippen molar-refractivity contribution in [2.24, 2.45) is 11.7 Å². The summed E-state index contributed by atoms with van der Waals surface area (Å²) in [6.45, 7) is 2.26. The predicted octanol–water partition coefficient (Wildman–Crippen LogP) is 0.990. The first-order valence-corrected chi connectivity index (χ1v) is 6.43. The maximum absolute atomic E-state index is 12.2. The van der Waals surface area contributed by atoms with E-state index in [-0.39, 0.29) is 12.5 Å². The molecule has 1 aromatic carbocycles. The van der Waals surface area contributed by atoms with Crippen molar-refractivity contribution in [3.63, 3.8) is 0 Å². The highest BCUT2D eigenvalue weighted by Gasteiger charge is 2.26. The van der Waals surface area contributed by atoms with E-state index in [4.69, 9.17) is 10.8 Å². The van der Waals surface area contributed by atoms with E-state index >= 15 is 0 Å². The first kappa shape index (κ1) is 13.1. The Balaban J connectivity index is 1.98. The molecule has 4 heteroatoms. The van der Waals surface area contributed by atoms with Crippen molar-refractivity contribution >= 4 is 5.91 Å². The summed E-state index contributed by atoms with van der Waals surface area (Å²) in [6, 6.07) is 7.47. The summed E-state index contributed by atoms with van der Waals surface area (Å²) in [5.41, 5.74) is 7.28. The van der Waals surface area contributed by atoms with Crippen LogP contribution in [0.25, 0.3) is 0 Å². The zero-order chi connectivity index (χ0) is 13.0. The van der Waals surface area contributed by atoms with Gasteiger partial charge in [-0.3, -0.25) is 4.79 Å². The molecule has 1 aromatic rings. The van der Waals surface area contributed by atoms with Gasteiger partial charge in [-0.2, -0.15) is 0 Å². The molecule has 1 saturated heterocycles. The third-order valence-corrected chi connectivity index (χ3v) is 3.55. The van der Waals surface area contributed by atoms with E-state index in [0.717, 1.165) is 37.1 Å². The lowest BCUT2D eigenvalue weighted by molar-refractivity contribution is 0.0784. The lowest BCUT2D eigenvalue weighted by atomic mass is 10.1. The number of aliphatic hydroxyl groups excluding tert-OH is 1. The molecular weight excluding hydrogens is 228 g/mol. The molecule has 3 N–H and O–H groups in total. The van der Waals surface area contributed by atoms with Gasteiger partial charge in [-0.15, -0.1) is 0 Å². The third-order valence-electron chi connectivity index (χ3n) is 3.55. The van der Waals surface area contributed by atoms with Crippen LogP contribution >= 0.6 is 0 Å². The molecule has 0 aliphatic carbocycles. The highest BCUT2D eigenvalue weighted by atomic mass is 16.3. The van der Waals surface area contributed by atoms with Crippen LogP contribution in [0, 0.1) is 5.92 Å². The molecule has 1 amide bonds. The summed E-state index contributed by atoms with van der Waals surface area (Å²) in [5, 5.41) is 8.91. The van der Waals surface area contributed by atoms with Crippen molar-refractivity contribution in [2.75, 3.05) is 19.7 Å². The van der Waals surface area contributed by atoms with Crippen LogP contribution in [-0.2, 0) is 6.54 Å². The van der Waals surface area contributed by atoms with Crippen LogP contribution in [0.1, 0.15) is 28.8 Å². The number of nitrogens with two attached hydrogens (primary N) is 1. The molecule has 0 spiro atoms. The summed E-state index contributed by atoms with van der Waals surface area (Å²) in [7, 11) is 0. The maximum Gasteiger partial charge on any atom is 0.253 e. The van der Waals surface area contributed by atoms with Gasteiger partial charge in [0, 0.05) is 31.8 Å². The maximum atomic E-state index is 12.2. The van der Waals surface area contributed by atoms with E-state index in [9.17, 15) is 4.79 Å². The molecule has 4 nitrogen and oxygen atoms in total. The van der Waals surface area contributed by atoms with Gasteiger partial charge < -0.3 is 15.7 Å². The van der Waals surface area contributed by atoms with Gasteiger partial charge in [-0.1, -0.05) is 12.1 Å². The summed E-state index contributed by atoms with van der Waals surface area (Å²) in [5.74, 6) is 0.529. The Morgan fingerprint density at radius 3 is 2.72 bits per heavy atom. The summed E-state index contributed by atoms with van der Waals surface area (Å²) in [4.78, 5) is 14.1. The van der Waals surface area contributed by atoms with Crippen LogP contribution < -0.4 is 5.73 Å². The minimum Gasteiger partial charge on any atom is -0.396 e. The minimum atomic E-state index is 0.0824. The van der Waals surface area contributed by atoms with Gasteiger partial charge in [-0.25, -0.2) is 0 Å². The second kappa shape index (κ2) is 5.98. The van der Waals surface area contributed by atoms with Gasteiger partial charge >= 0.3 is 0 Å². The Bertz CT molecular complexity index is 403. The molecule has 1 heterocycles. The van der Waals surface area contributed by atoms with Crippen molar-refractivity contribution in [3.05, 3.63) is 35.4 Å². The van der Waals surface area contributed by atoms with Crippen LogP contribution in [0.3, 0.4) is 0 Å². The molecule has 98 valence electrons. The Hall–Kier alpha value is -1.39. The lowest BCUT2D eigenvalue weighted by Gasteiger charge is -2.16. The minimum absolute atomic E-state index is 0.0824. The molecule has 0 radical (unpaired) electrons. The second-order valence-corrected chi connectivity index (χ2v) is 4.82. The normalized spacial score (nSPS) is 19.2. The van der Waals surface area contributed by atoms with Crippen LogP contribution in [0.5, 0.6) is 0 Å². The number of amides is 1. The average Bonchev–Trinajstić information content (AvgIpc) is 2.87. The largest absolute Gasteiger partial charge is 0.396 e. The van der Waals surface area contributed by atoms with E-state index in [0.29, 0.717) is 12.5 Å². The lowest BCUT2D eigenvalue weighted by Crippen LogP contribution is -2.28. The Labute approximate surface area is 107 Å². The fourth-order valence-corrected chi connectivity index (χ4v) is 2.40. The standard InChI is InChI=1S/C14H20N2O2/c15-9-11-1-3-13(4-2-11)14(18)16-7-5-12(10-16)6-8-17/h1-4,12,17H,5-10,15H2. The molecule has 2 rings (SSSR count). The van der Waals surface area contributed by atoms with E-state index in [1.165, 1.54) is 0 Å². The van der Waals surface area contributed by atoms with Gasteiger partial charge in [0.25, 0.3) is 5.91 Å². The van der Waals surface area contributed by atoms with Crippen LogP contribution in [-0.4, -0.2) is 35.6 Å². The van der Waals surface area contributed by atoms with Crippen molar-refractivity contribution in [3.8, 4) is 0 Å². The number of carbonyl (C=O) groups excluding carboxylic acids is 1. The van der Waals surface area contributed by atoms with Gasteiger partial charge in [0.2, 0.25) is 0 Å². The molecule has 1 atom stereocenters. The highest BCUT2D eigenvalue weighted by molar-refractivity contribution is 5.94. The van der Waals surface area contributed by atoms with Crippen molar-refractivity contribution in [1.29, 1.82) is 0 Å². The zero-order valence-electron chi connectivity index (χ0n) is 10.5. The average molecular weight is 248 g/mol. The summed E-state index contributed by atoms with van der Waals surface area (Å²) in [6.07, 6.45) is 1.78. The molecule has 0 aromatic heterocycles. The van der Waals surface area contributed by atoms with Gasteiger partial charge in [0.15, 0.2) is 0 Å². The molecule has 1 aliphatic rings. The van der Waals surface area contributed by atoms with E-state index < -0.39 is 0 Å². The third kappa shape index (κ3) is 2.89. The molecule has 0 bridgehead atoms. The van der Waals surface area contributed by atoms with Crippen molar-refractivity contribution in [2.45, 2.75) is 19.4 Å². The molecule has 0 saturated carbocycles. The molecule has 18 heavy (non-hydrogen) atoms. The van der Waals surface area contributed by atoms with Crippen LogP contribution in [0.2, 0.25) is 0 Å². The number of benzene rings is 1. The number of rotatable bonds is 4. The van der Waals surface area contributed by atoms with E-state index in [1.807, 2.05) is 29.2 Å². The quantitative estimate of drug-likeness (QED) is 0.835. The van der Waals surface area contributed by atoms with Gasteiger partial charge in [-0.05, 0) is 36.5 Å². The van der Waals surface area contributed by atoms with E-state index in [2.05, 4.69) is 0 Å². The molecule has 1 aliphatic heterocycles. The number of hydrogen-bond acceptors (Lipinski definition) is 3. The molecule has 1 fully saturated rings. The fraction of sp³-hybridized carbons (Fsp3) is 0.500. The van der Waals surface area contributed by atoms with E-state index in [1.54, 1.807) is 0 Å². The smallest absolute Gasteiger partial charge is 0.253 e. The number of likely N-dealkylation sites (tertiary alicyclic amines) is 1. The Morgan fingerprint density at radius 2 is 2.11 bits per heavy atom. The first-order valence-electron chi connectivity index (χ1n) is 6.43. The van der Waals surface area contributed by atoms with Crippen LogP contribution in [0.4, 0.5) is 0 Å². The highest BCUT2D eigenvalue weighted by Crippen LogP contribution is 2.21. The number of carbonyl (C=O) groups is 1. The summed E-state index contributed by atoms with van der Waals surface area (Å²) >= 11 is 0. The fourth-order valence-electron chi connectivity index (χ4n) is 2.40. The molecular formula is C14H20N2O2. The van der Waals surface area contributed by atoms with Crippen LogP contribution in [0.15, 0.2) is 24.3 Å². The number of nitrogens with zero attached hydrogens (tertiary/aromatic N) is 1. The topological polar surface area (TPSA) is 66.6 Å². The van der Waals surface area contributed by atoms with Gasteiger partial charge in [0.1, 0.15) is 0 Å². The first-order chi connectivity index (χ1) is 8.74. The van der Waals surface area contributed by atoms with Crippen molar-refractivity contribution in [1.82, 2.24) is 4.90 Å². The van der Waals surface area contributed by atoms with Crippen molar-refractivity contribution < 1.29 is 9.90 Å². The predicted molar refractivity (Wildman–Crippen MR) is 70.0 cm³/mol. The zero-order valence-corrected chi connectivity index (χ0v) is 10.5.